The predicted octanol–water partition coefficient (Wildman–Crippen LogP) is 4.34. The van der Waals surface area contributed by atoms with Gasteiger partial charge < -0.3 is 4.74 Å². The summed E-state index contributed by atoms with van der Waals surface area (Å²) in [6, 6.07) is 4.71. The fourth-order valence-electron chi connectivity index (χ4n) is 5.91. The number of thiazole rings is 1. The molecular weight excluding hydrogens is 439 g/mol. The van der Waals surface area contributed by atoms with Crippen molar-refractivity contribution in [3.05, 3.63) is 40.7 Å². The van der Waals surface area contributed by atoms with Crippen LogP contribution in [0.3, 0.4) is 0 Å². The number of hydrogen-bond donors (Lipinski definition) is 1. The molecule has 1 N–H and O–H groups in total. The molecule has 6 nitrogen and oxygen atoms in total. The number of carbonyl (C=O) groups is 1. The molecule has 1 aromatic heterocycles. The molecule has 6 atom stereocenters. The first-order valence-electron chi connectivity index (χ1n) is 10.6. The van der Waals surface area contributed by atoms with Crippen molar-refractivity contribution in [2.24, 2.45) is 23.2 Å². The van der Waals surface area contributed by atoms with Crippen LogP contribution in [0, 0.1) is 29.0 Å². The minimum absolute atomic E-state index is 0.00884. The number of esters is 1. The summed E-state index contributed by atoms with van der Waals surface area (Å²) >= 11 is 1.36. The van der Waals surface area contributed by atoms with Gasteiger partial charge in [-0.05, 0) is 48.9 Å². The molecule has 0 amide bonds. The van der Waals surface area contributed by atoms with Crippen molar-refractivity contribution in [3.8, 4) is 0 Å². The largest absolute Gasteiger partial charge is 0.461 e. The summed E-state index contributed by atoms with van der Waals surface area (Å²) in [5, 5.41) is 0.316. The van der Waals surface area contributed by atoms with Crippen LogP contribution >= 0.6 is 11.3 Å². The normalized spacial score (nSPS) is 34.5. The van der Waals surface area contributed by atoms with Crippen molar-refractivity contribution in [2.75, 3.05) is 4.72 Å². The van der Waals surface area contributed by atoms with Crippen LogP contribution in [0.4, 0.5) is 9.52 Å². The van der Waals surface area contributed by atoms with E-state index >= 15 is 0 Å². The van der Waals surface area contributed by atoms with E-state index in [0.29, 0.717) is 5.13 Å². The number of anilines is 1. The molecule has 6 unspecified atom stereocenters. The second kappa shape index (κ2) is 7.00. The zero-order chi connectivity index (χ0) is 22.1. The van der Waals surface area contributed by atoms with E-state index in [1.807, 2.05) is 6.92 Å². The monoisotopic (exact) mass is 464 g/mol. The fraction of sp³-hybridized carbons (Fsp3) is 0.545. The van der Waals surface area contributed by atoms with Gasteiger partial charge in [0.25, 0.3) is 10.0 Å². The molecule has 1 saturated carbocycles. The lowest BCUT2D eigenvalue weighted by Gasteiger charge is -2.51. The summed E-state index contributed by atoms with van der Waals surface area (Å²) in [6.07, 6.45) is 2.67. The maximum absolute atomic E-state index is 13.2. The maximum Gasteiger partial charge on any atom is 0.309 e. The van der Waals surface area contributed by atoms with Crippen LogP contribution < -0.4 is 4.72 Å². The summed E-state index contributed by atoms with van der Waals surface area (Å²) in [4.78, 5) is 18.0. The Morgan fingerprint density at radius 1 is 1.23 bits per heavy atom. The Kier molecular flexibility index (Phi) is 4.71. The Morgan fingerprint density at radius 3 is 2.65 bits per heavy atom. The lowest BCUT2D eigenvalue weighted by molar-refractivity contribution is -0.149. The number of benzene rings is 1. The second-order valence-corrected chi connectivity index (χ2v) is 12.2. The van der Waals surface area contributed by atoms with Gasteiger partial charge in [-0.1, -0.05) is 20.8 Å². The standard InChI is InChI=1S/C22H25FN2O4S2/c1-11-15-8-9-22(3)10-16-18(12(2)17(22)19(15)29-20(11)26)24-21(30-16)25-31(27,28)14-6-4-13(23)5-7-14/h4-7,11-12,15,17,19H,8-10H2,1-3H3,(H,24,25). The fourth-order valence-corrected chi connectivity index (χ4v) is 8.41. The number of fused-ring (bicyclic) bond motifs is 4. The van der Waals surface area contributed by atoms with Gasteiger partial charge in [-0.2, -0.15) is 0 Å². The molecule has 1 aromatic carbocycles. The smallest absolute Gasteiger partial charge is 0.309 e. The minimum Gasteiger partial charge on any atom is -0.461 e. The van der Waals surface area contributed by atoms with E-state index in [4.69, 9.17) is 4.74 Å². The van der Waals surface area contributed by atoms with Gasteiger partial charge >= 0.3 is 5.97 Å². The molecule has 3 aliphatic rings. The van der Waals surface area contributed by atoms with Gasteiger partial charge in [0.15, 0.2) is 5.13 Å². The number of carbonyl (C=O) groups excluding carboxylic acids is 1. The number of nitrogens with one attached hydrogen (secondary N) is 1. The first kappa shape index (κ1) is 20.9. The molecule has 5 rings (SSSR count). The van der Waals surface area contributed by atoms with E-state index in [2.05, 4.69) is 23.6 Å². The van der Waals surface area contributed by atoms with Crippen LogP contribution in [-0.4, -0.2) is 25.5 Å². The predicted molar refractivity (Wildman–Crippen MR) is 115 cm³/mol. The third kappa shape index (κ3) is 3.28. The van der Waals surface area contributed by atoms with E-state index in [1.54, 1.807) is 0 Å². The first-order chi connectivity index (χ1) is 14.6. The number of sulfonamides is 1. The zero-order valence-corrected chi connectivity index (χ0v) is 19.2. The molecule has 2 fully saturated rings. The Labute approximate surface area is 185 Å². The van der Waals surface area contributed by atoms with Crippen molar-refractivity contribution >= 4 is 32.5 Å². The first-order valence-corrected chi connectivity index (χ1v) is 12.9. The summed E-state index contributed by atoms with van der Waals surface area (Å²) in [5.41, 5.74) is 0.873. The number of hydrogen-bond acceptors (Lipinski definition) is 6. The van der Waals surface area contributed by atoms with Crippen LogP contribution in [0.1, 0.15) is 50.1 Å². The van der Waals surface area contributed by atoms with Gasteiger partial charge in [-0.25, -0.2) is 17.8 Å². The number of aromatic nitrogens is 1. The number of ether oxygens (including phenoxy) is 1. The van der Waals surface area contributed by atoms with Gasteiger partial charge in [-0.3, -0.25) is 9.52 Å². The minimum atomic E-state index is -3.85. The third-order valence-electron chi connectivity index (χ3n) is 7.50. The highest BCUT2D eigenvalue weighted by Crippen LogP contribution is 2.59. The Bertz CT molecular complexity index is 1150. The van der Waals surface area contributed by atoms with Crippen LogP contribution in [-0.2, 0) is 26.0 Å². The van der Waals surface area contributed by atoms with Gasteiger partial charge in [-0.15, -0.1) is 11.3 Å². The number of rotatable bonds is 3. The number of nitrogens with zero attached hydrogens (tertiary/aromatic N) is 1. The molecule has 0 bridgehead atoms. The molecular formula is C22H25FN2O4S2. The molecule has 1 aliphatic heterocycles. The van der Waals surface area contributed by atoms with Crippen molar-refractivity contribution in [3.63, 3.8) is 0 Å². The van der Waals surface area contributed by atoms with Crippen molar-refractivity contribution in [2.45, 2.75) is 57.0 Å². The zero-order valence-electron chi connectivity index (χ0n) is 17.6. The van der Waals surface area contributed by atoms with E-state index in [0.717, 1.165) is 42.0 Å². The lowest BCUT2D eigenvalue weighted by atomic mass is 9.54. The molecule has 2 heterocycles. The Morgan fingerprint density at radius 2 is 1.94 bits per heavy atom. The highest BCUT2D eigenvalue weighted by atomic mass is 32.2. The Balaban J connectivity index is 1.45. The summed E-state index contributed by atoms with van der Waals surface area (Å²) in [7, 11) is -3.85. The average molecular weight is 465 g/mol. The van der Waals surface area contributed by atoms with Crippen molar-refractivity contribution < 1.29 is 22.3 Å². The van der Waals surface area contributed by atoms with Crippen molar-refractivity contribution in [1.29, 1.82) is 0 Å². The quantitative estimate of drug-likeness (QED) is 0.683. The van der Waals surface area contributed by atoms with Gasteiger partial charge in [0, 0.05) is 22.6 Å². The highest BCUT2D eigenvalue weighted by Gasteiger charge is 2.58. The topological polar surface area (TPSA) is 85.4 Å². The molecule has 0 radical (unpaired) electrons. The molecule has 1 saturated heterocycles. The van der Waals surface area contributed by atoms with Gasteiger partial charge in [0.1, 0.15) is 11.9 Å². The van der Waals surface area contributed by atoms with Crippen molar-refractivity contribution in [1.82, 2.24) is 4.98 Å². The molecule has 2 aliphatic carbocycles. The molecule has 31 heavy (non-hydrogen) atoms. The molecule has 9 heteroatoms. The maximum atomic E-state index is 13.2. The van der Waals surface area contributed by atoms with E-state index in [1.165, 1.54) is 23.5 Å². The third-order valence-corrected chi connectivity index (χ3v) is 9.97. The van der Waals surface area contributed by atoms with Gasteiger partial charge in [0.2, 0.25) is 0 Å². The molecule has 0 spiro atoms. The highest BCUT2D eigenvalue weighted by molar-refractivity contribution is 7.93. The van der Waals surface area contributed by atoms with Crippen LogP contribution in [0.15, 0.2) is 29.2 Å². The summed E-state index contributed by atoms with van der Waals surface area (Å²) in [5.74, 6) is -0.213. The lowest BCUT2D eigenvalue weighted by Crippen LogP contribution is -2.50. The molecule has 166 valence electrons. The second-order valence-electron chi connectivity index (χ2n) is 9.42. The van der Waals surface area contributed by atoms with E-state index in [9.17, 15) is 17.6 Å². The van der Waals surface area contributed by atoms with Crippen LogP contribution in [0.25, 0.3) is 0 Å². The van der Waals surface area contributed by atoms with E-state index in [-0.39, 0.29) is 46.1 Å². The summed E-state index contributed by atoms with van der Waals surface area (Å²) < 4.78 is 47.0. The average Bonchev–Trinajstić information content (AvgIpc) is 3.21. The molecule has 2 aromatic rings. The van der Waals surface area contributed by atoms with Crippen LogP contribution in [0.2, 0.25) is 0 Å². The number of halogens is 1. The van der Waals surface area contributed by atoms with Crippen LogP contribution in [0.5, 0.6) is 0 Å². The Hall–Kier alpha value is -2.00. The summed E-state index contributed by atoms with van der Waals surface area (Å²) in [6.45, 7) is 6.32. The van der Waals surface area contributed by atoms with Gasteiger partial charge in [0.05, 0.1) is 16.5 Å². The SMILES string of the molecule is CC1C(=O)OC2C1CCC1(C)Cc3sc(NS(=O)(=O)c4ccc(F)cc4)nc3C(C)C21. The van der Waals surface area contributed by atoms with E-state index < -0.39 is 15.8 Å².